The summed E-state index contributed by atoms with van der Waals surface area (Å²) in [5.41, 5.74) is 1.54. The summed E-state index contributed by atoms with van der Waals surface area (Å²) in [6.07, 6.45) is 1.54. The number of rotatable bonds is 6. The topological polar surface area (TPSA) is 107 Å². The molecule has 34 heavy (non-hydrogen) atoms. The number of halogens is 2. The second-order valence-corrected chi connectivity index (χ2v) is 7.76. The molecule has 0 atom stereocenters. The molecule has 0 aliphatic carbocycles. The van der Waals surface area contributed by atoms with E-state index in [1.54, 1.807) is 12.1 Å². The highest BCUT2D eigenvalue weighted by atomic mass is 35.5. The smallest absolute Gasteiger partial charge is 0.350 e. The number of carbonyl (C=O) groups excluding carboxylic acids is 1. The van der Waals surface area contributed by atoms with Gasteiger partial charge in [-0.2, -0.15) is 4.98 Å². The summed E-state index contributed by atoms with van der Waals surface area (Å²) in [6.45, 7) is -0.243. The lowest BCUT2D eigenvalue weighted by atomic mass is 10.2. The molecule has 9 nitrogen and oxygen atoms in total. The third-order valence-corrected chi connectivity index (χ3v) is 5.43. The van der Waals surface area contributed by atoms with Crippen LogP contribution in [0.25, 0.3) is 28.5 Å². The molecule has 0 fully saturated rings. The molecule has 3 heterocycles. The molecule has 0 radical (unpaired) electrons. The van der Waals surface area contributed by atoms with Gasteiger partial charge in [0.05, 0.1) is 5.56 Å². The first kappa shape index (κ1) is 21.5. The molecule has 0 saturated carbocycles. The molecule has 1 amide bonds. The van der Waals surface area contributed by atoms with Crippen molar-refractivity contribution < 1.29 is 13.7 Å². The Morgan fingerprint density at radius 3 is 2.74 bits per heavy atom. The number of fused-ring (bicyclic) bond motifs is 1. The molecule has 2 aromatic carbocycles. The van der Waals surface area contributed by atoms with Crippen LogP contribution in [0.3, 0.4) is 0 Å². The molecular weight excluding hydrogens is 463 g/mol. The van der Waals surface area contributed by atoms with Crippen molar-refractivity contribution in [2.75, 3.05) is 0 Å². The Labute approximate surface area is 196 Å². The molecule has 3 aromatic heterocycles. The molecule has 11 heteroatoms. The van der Waals surface area contributed by atoms with E-state index in [4.69, 9.17) is 16.1 Å². The van der Waals surface area contributed by atoms with Gasteiger partial charge in [-0.25, -0.2) is 18.3 Å². The normalized spacial score (nSPS) is 11.1. The monoisotopic (exact) mass is 478 g/mol. The first-order chi connectivity index (χ1) is 16.5. The number of amides is 1. The van der Waals surface area contributed by atoms with Gasteiger partial charge in [0.25, 0.3) is 5.89 Å². The SMILES string of the molecule is O=C(Cn1nc2c(-c3nc(-c4ccccc4)no3)cccn2c1=O)NCc1ccc(F)cc1Cl. The molecule has 0 bridgehead atoms. The fraction of sp³-hybridized carbons (Fsp3) is 0.0870. The van der Waals surface area contributed by atoms with Gasteiger partial charge in [0, 0.05) is 23.3 Å². The number of hydrogen-bond donors (Lipinski definition) is 1. The van der Waals surface area contributed by atoms with Crippen molar-refractivity contribution in [2.24, 2.45) is 0 Å². The molecule has 1 N–H and O–H groups in total. The lowest BCUT2D eigenvalue weighted by molar-refractivity contribution is -0.122. The fourth-order valence-electron chi connectivity index (χ4n) is 3.40. The Morgan fingerprint density at radius 2 is 1.94 bits per heavy atom. The third-order valence-electron chi connectivity index (χ3n) is 5.08. The van der Waals surface area contributed by atoms with Crippen LogP contribution in [0.4, 0.5) is 4.39 Å². The first-order valence-electron chi connectivity index (χ1n) is 10.2. The van der Waals surface area contributed by atoms with E-state index in [0.29, 0.717) is 17.0 Å². The minimum Gasteiger partial charge on any atom is -0.350 e. The van der Waals surface area contributed by atoms with Gasteiger partial charge < -0.3 is 9.84 Å². The van der Waals surface area contributed by atoms with E-state index in [1.807, 2.05) is 30.3 Å². The number of nitrogens with one attached hydrogen (secondary N) is 1. The van der Waals surface area contributed by atoms with Crippen LogP contribution in [0.2, 0.25) is 5.02 Å². The fourth-order valence-corrected chi connectivity index (χ4v) is 3.63. The largest absolute Gasteiger partial charge is 0.350 e. The van der Waals surface area contributed by atoms with Crippen molar-refractivity contribution in [2.45, 2.75) is 13.1 Å². The van der Waals surface area contributed by atoms with Crippen molar-refractivity contribution in [3.63, 3.8) is 0 Å². The average molecular weight is 479 g/mol. The minimum atomic E-state index is -0.505. The Hall–Kier alpha value is -4.31. The molecule has 0 saturated heterocycles. The number of nitrogens with zero attached hydrogens (tertiary/aromatic N) is 5. The second-order valence-electron chi connectivity index (χ2n) is 7.36. The number of carbonyl (C=O) groups is 1. The quantitative estimate of drug-likeness (QED) is 0.401. The van der Waals surface area contributed by atoms with Crippen LogP contribution in [0.15, 0.2) is 76.2 Å². The number of aromatic nitrogens is 5. The predicted molar refractivity (Wildman–Crippen MR) is 121 cm³/mol. The molecule has 0 aliphatic rings. The maximum Gasteiger partial charge on any atom is 0.350 e. The maximum absolute atomic E-state index is 13.2. The summed E-state index contributed by atoms with van der Waals surface area (Å²) in [5.74, 6) is -0.337. The van der Waals surface area contributed by atoms with E-state index in [9.17, 15) is 14.0 Å². The van der Waals surface area contributed by atoms with Crippen molar-refractivity contribution >= 4 is 23.2 Å². The maximum atomic E-state index is 13.2. The van der Waals surface area contributed by atoms with Crippen LogP contribution in [0.5, 0.6) is 0 Å². The number of pyridine rings is 1. The van der Waals surface area contributed by atoms with Gasteiger partial charge >= 0.3 is 5.69 Å². The minimum absolute atomic E-state index is 0.0789. The van der Waals surface area contributed by atoms with Crippen LogP contribution < -0.4 is 11.0 Å². The standard InChI is InChI=1S/C23H16ClFN6O3/c24-18-11-16(25)9-8-15(18)12-26-19(32)13-31-23(33)30-10-4-7-17(21(30)28-31)22-27-20(29-34-22)14-5-2-1-3-6-14/h1-11H,12-13H2,(H,26,32). The van der Waals surface area contributed by atoms with E-state index >= 15 is 0 Å². The summed E-state index contributed by atoms with van der Waals surface area (Å²) in [7, 11) is 0. The lowest BCUT2D eigenvalue weighted by Gasteiger charge is -2.06. The van der Waals surface area contributed by atoms with Gasteiger partial charge in [-0.1, -0.05) is 53.2 Å². The summed E-state index contributed by atoms with van der Waals surface area (Å²) in [6, 6.07) is 16.6. The molecule has 0 aliphatic heterocycles. The van der Waals surface area contributed by atoms with Crippen LogP contribution in [0.1, 0.15) is 5.56 Å². The highest BCUT2D eigenvalue weighted by Crippen LogP contribution is 2.24. The summed E-state index contributed by atoms with van der Waals surface area (Å²) >= 11 is 5.99. The Kier molecular flexibility index (Phi) is 5.64. The van der Waals surface area contributed by atoms with Gasteiger partial charge in [0.15, 0.2) is 5.65 Å². The third kappa shape index (κ3) is 4.18. The first-order valence-corrected chi connectivity index (χ1v) is 10.6. The zero-order chi connectivity index (χ0) is 23.7. The number of hydrogen-bond acceptors (Lipinski definition) is 6. The van der Waals surface area contributed by atoms with Gasteiger partial charge in [-0.15, -0.1) is 5.10 Å². The molecule has 5 aromatic rings. The number of benzene rings is 2. The molecular formula is C23H16ClFN6O3. The van der Waals surface area contributed by atoms with E-state index in [-0.39, 0.29) is 29.7 Å². The van der Waals surface area contributed by atoms with Crippen molar-refractivity contribution in [3.05, 3.63) is 93.7 Å². The van der Waals surface area contributed by atoms with Gasteiger partial charge in [0.1, 0.15) is 12.4 Å². The highest BCUT2D eigenvalue weighted by molar-refractivity contribution is 6.31. The van der Waals surface area contributed by atoms with Gasteiger partial charge in [0.2, 0.25) is 11.7 Å². The predicted octanol–water partition coefficient (Wildman–Crippen LogP) is 3.32. The van der Waals surface area contributed by atoms with E-state index in [2.05, 4.69) is 20.6 Å². The van der Waals surface area contributed by atoms with Crippen LogP contribution in [0, 0.1) is 5.82 Å². The van der Waals surface area contributed by atoms with Crippen LogP contribution in [-0.2, 0) is 17.9 Å². The van der Waals surface area contributed by atoms with Gasteiger partial charge in [-0.05, 0) is 29.8 Å². The van der Waals surface area contributed by atoms with Crippen molar-refractivity contribution in [1.82, 2.24) is 29.6 Å². The zero-order valence-electron chi connectivity index (χ0n) is 17.5. The van der Waals surface area contributed by atoms with E-state index < -0.39 is 17.4 Å². The highest BCUT2D eigenvalue weighted by Gasteiger charge is 2.18. The van der Waals surface area contributed by atoms with Crippen molar-refractivity contribution in [3.8, 4) is 22.8 Å². The summed E-state index contributed by atoms with van der Waals surface area (Å²) < 4.78 is 20.9. The molecule has 0 unspecified atom stereocenters. The molecule has 5 rings (SSSR count). The molecule has 170 valence electrons. The average Bonchev–Trinajstić information content (AvgIpc) is 3.45. The zero-order valence-corrected chi connectivity index (χ0v) is 18.2. The second kappa shape index (κ2) is 8.91. The Morgan fingerprint density at radius 1 is 1.12 bits per heavy atom. The van der Waals surface area contributed by atoms with Gasteiger partial charge in [-0.3, -0.25) is 4.79 Å². The summed E-state index contributed by atoms with van der Waals surface area (Å²) in [5, 5.41) is 11.2. The molecule has 0 spiro atoms. The van der Waals surface area contributed by atoms with Crippen LogP contribution in [-0.4, -0.2) is 30.2 Å². The summed E-state index contributed by atoms with van der Waals surface area (Å²) in [4.78, 5) is 29.6. The lowest BCUT2D eigenvalue weighted by Crippen LogP contribution is -2.32. The van der Waals surface area contributed by atoms with Crippen molar-refractivity contribution in [1.29, 1.82) is 0 Å². The van der Waals surface area contributed by atoms with Crippen LogP contribution >= 0.6 is 11.6 Å². The van der Waals surface area contributed by atoms with E-state index in [0.717, 1.165) is 16.3 Å². The van der Waals surface area contributed by atoms with E-state index in [1.165, 1.54) is 22.7 Å². The Balaban J connectivity index is 1.38. The Bertz CT molecular complexity index is 1560.